The van der Waals surface area contributed by atoms with Crippen molar-refractivity contribution in [3.05, 3.63) is 29.8 Å². The molecule has 2 heteroatoms. The molecule has 0 aliphatic carbocycles. The summed E-state index contributed by atoms with van der Waals surface area (Å²) >= 11 is 1.60. The van der Waals surface area contributed by atoms with Gasteiger partial charge in [-0.25, -0.2) is 4.98 Å². The second-order valence-corrected chi connectivity index (χ2v) is 2.52. The van der Waals surface area contributed by atoms with Gasteiger partial charge in [0, 0.05) is 6.07 Å². The molecule has 0 unspecified atom stereocenters. The van der Waals surface area contributed by atoms with Gasteiger partial charge in [-0.2, -0.15) is 0 Å². The lowest BCUT2D eigenvalue weighted by molar-refractivity contribution is 1.50. The number of hydrogen-bond acceptors (Lipinski definition) is 2. The van der Waals surface area contributed by atoms with E-state index in [-0.39, 0.29) is 0 Å². The Kier molecular flexibility index (Phi) is 0.993. The molecule has 1 heterocycles. The van der Waals surface area contributed by atoms with Crippen LogP contribution in [0.3, 0.4) is 0 Å². The minimum Gasteiger partial charge on any atom is -0.245 e. The molecule has 1 aromatic heterocycles. The van der Waals surface area contributed by atoms with Gasteiger partial charge >= 0.3 is 0 Å². The van der Waals surface area contributed by atoms with Gasteiger partial charge in [-0.15, -0.1) is 11.3 Å². The second-order valence-electron chi connectivity index (χ2n) is 1.67. The highest BCUT2D eigenvalue weighted by Gasteiger charge is 1.90. The summed E-state index contributed by atoms with van der Waals surface area (Å²) < 4.78 is 1.11. The lowest BCUT2D eigenvalue weighted by atomic mass is 10.3. The number of thiazole rings is 1. The number of aromatic nitrogens is 1. The number of nitrogens with zero attached hydrogens (tertiary/aromatic N) is 1. The predicted molar refractivity (Wildman–Crippen MR) is 37.3 cm³/mol. The Morgan fingerprint density at radius 3 is 3.44 bits per heavy atom. The Hall–Kier alpha value is -0.890. The van der Waals surface area contributed by atoms with Crippen molar-refractivity contribution in [3.8, 4) is 0 Å². The van der Waals surface area contributed by atoms with Gasteiger partial charge in [0.25, 0.3) is 0 Å². The van der Waals surface area contributed by atoms with E-state index in [4.69, 9.17) is 0 Å². The van der Waals surface area contributed by atoms with Crippen molar-refractivity contribution in [1.82, 2.24) is 4.98 Å². The average molecular weight is 133 g/mol. The van der Waals surface area contributed by atoms with Crippen LogP contribution in [0.5, 0.6) is 0 Å². The summed E-state index contributed by atoms with van der Waals surface area (Å²) in [4.78, 5) is 4.07. The molecule has 0 bridgehead atoms. The van der Waals surface area contributed by atoms with Gasteiger partial charge in [0.2, 0.25) is 0 Å². The quantitative estimate of drug-likeness (QED) is 0.534. The van der Waals surface area contributed by atoms with E-state index in [1.807, 2.05) is 11.6 Å². The highest BCUT2D eigenvalue weighted by molar-refractivity contribution is 7.16. The standard InChI is InChI=1S/C7H3NS/c1-2-4-7-6(3-1)8-5-9-7/h2-3,5H. The predicted octanol–water partition coefficient (Wildman–Crippen LogP) is 1.90. The molecule has 0 N–H and O–H groups in total. The molecular formula is C7H3NS. The van der Waals surface area contributed by atoms with Crippen LogP contribution in [0, 0.1) is 12.1 Å². The van der Waals surface area contributed by atoms with Crippen molar-refractivity contribution in [3.63, 3.8) is 0 Å². The summed E-state index contributed by atoms with van der Waals surface area (Å²) in [5.41, 5.74) is 2.80. The molecule has 0 saturated heterocycles. The first-order valence-electron chi connectivity index (χ1n) is 2.58. The summed E-state index contributed by atoms with van der Waals surface area (Å²) in [5, 5.41) is 0. The van der Waals surface area contributed by atoms with Crippen molar-refractivity contribution in [1.29, 1.82) is 0 Å². The molecule has 2 radical (unpaired) electrons. The minimum atomic E-state index is 0.988. The molecule has 2 aromatic rings. The molecule has 0 fully saturated rings. The van der Waals surface area contributed by atoms with Gasteiger partial charge in [-0.1, -0.05) is 0 Å². The first-order valence-corrected chi connectivity index (χ1v) is 3.46. The third kappa shape index (κ3) is 0.715. The van der Waals surface area contributed by atoms with Crippen molar-refractivity contribution >= 4 is 21.6 Å². The van der Waals surface area contributed by atoms with Crippen LogP contribution < -0.4 is 0 Å². The first kappa shape index (κ1) is 4.94. The monoisotopic (exact) mass is 133 g/mol. The SMILES string of the molecule is [c]1c[c]c2scnc2c1. The fourth-order valence-corrected chi connectivity index (χ4v) is 1.32. The summed E-state index contributed by atoms with van der Waals surface area (Å²) in [5.74, 6) is 0. The van der Waals surface area contributed by atoms with Crippen molar-refractivity contribution in [2.75, 3.05) is 0 Å². The second kappa shape index (κ2) is 1.81. The van der Waals surface area contributed by atoms with E-state index in [0.29, 0.717) is 0 Å². The zero-order valence-corrected chi connectivity index (χ0v) is 5.40. The van der Waals surface area contributed by atoms with Crippen molar-refractivity contribution in [2.24, 2.45) is 0 Å². The Bertz CT molecular complexity index is 283. The van der Waals surface area contributed by atoms with E-state index in [1.165, 1.54) is 0 Å². The van der Waals surface area contributed by atoms with E-state index in [9.17, 15) is 0 Å². The summed E-state index contributed by atoms with van der Waals surface area (Å²) in [6, 6.07) is 9.58. The molecule has 42 valence electrons. The average Bonchev–Trinajstić information content (AvgIpc) is 2.33. The topological polar surface area (TPSA) is 12.9 Å². The zero-order chi connectivity index (χ0) is 6.10. The van der Waals surface area contributed by atoms with E-state index >= 15 is 0 Å². The summed E-state index contributed by atoms with van der Waals surface area (Å²) in [6.07, 6.45) is 0. The normalized spacial score (nSPS) is 10.2. The zero-order valence-electron chi connectivity index (χ0n) is 4.59. The summed E-state index contributed by atoms with van der Waals surface area (Å²) in [7, 11) is 0. The third-order valence-corrected chi connectivity index (χ3v) is 1.88. The van der Waals surface area contributed by atoms with Gasteiger partial charge in [-0.05, 0) is 18.2 Å². The molecule has 0 saturated carbocycles. The Labute approximate surface area is 57.0 Å². The van der Waals surface area contributed by atoms with Gasteiger partial charge in [-0.3, -0.25) is 0 Å². The van der Waals surface area contributed by atoms with Crippen LogP contribution in [-0.4, -0.2) is 4.98 Å². The van der Waals surface area contributed by atoms with Gasteiger partial charge in [0.15, 0.2) is 0 Å². The molecule has 1 aromatic carbocycles. The highest BCUT2D eigenvalue weighted by Crippen LogP contribution is 2.14. The van der Waals surface area contributed by atoms with E-state index in [1.54, 1.807) is 17.4 Å². The van der Waals surface area contributed by atoms with Gasteiger partial charge in [0.05, 0.1) is 15.7 Å². The van der Waals surface area contributed by atoms with E-state index < -0.39 is 0 Å². The van der Waals surface area contributed by atoms with Crippen LogP contribution in [0.2, 0.25) is 0 Å². The Balaban J connectivity index is 2.95. The molecule has 0 atom stereocenters. The number of rotatable bonds is 0. The number of benzene rings is 1. The molecule has 0 aliphatic rings. The fraction of sp³-hybridized carbons (Fsp3) is 0. The van der Waals surface area contributed by atoms with Gasteiger partial charge < -0.3 is 0 Å². The number of hydrogen-bond donors (Lipinski definition) is 0. The Morgan fingerprint density at radius 1 is 1.56 bits per heavy atom. The Morgan fingerprint density at radius 2 is 2.56 bits per heavy atom. The summed E-state index contributed by atoms with van der Waals surface area (Å²) in [6.45, 7) is 0. The van der Waals surface area contributed by atoms with E-state index in [0.717, 1.165) is 10.2 Å². The van der Waals surface area contributed by atoms with Crippen LogP contribution >= 0.6 is 11.3 Å². The fourth-order valence-electron chi connectivity index (χ4n) is 0.693. The first-order chi connectivity index (χ1) is 4.47. The van der Waals surface area contributed by atoms with Crippen molar-refractivity contribution < 1.29 is 0 Å². The lowest BCUT2D eigenvalue weighted by Crippen LogP contribution is -1.62. The molecule has 2 rings (SSSR count). The number of fused-ring (bicyclic) bond motifs is 1. The van der Waals surface area contributed by atoms with Crippen LogP contribution in [0.25, 0.3) is 10.2 Å². The molecule has 1 nitrogen and oxygen atoms in total. The maximum Gasteiger partial charge on any atom is 0.0824 e. The molecule has 0 aliphatic heterocycles. The van der Waals surface area contributed by atoms with Crippen LogP contribution in [0.4, 0.5) is 0 Å². The van der Waals surface area contributed by atoms with Crippen LogP contribution in [-0.2, 0) is 0 Å². The van der Waals surface area contributed by atoms with Crippen LogP contribution in [0.1, 0.15) is 0 Å². The maximum absolute atomic E-state index is 4.07. The van der Waals surface area contributed by atoms with E-state index in [2.05, 4.69) is 17.1 Å². The smallest absolute Gasteiger partial charge is 0.0824 e. The van der Waals surface area contributed by atoms with Gasteiger partial charge in [0.1, 0.15) is 0 Å². The molecule has 0 amide bonds. The molecule has 0 spiro atoms. The molecular weight excluding hydrogens is 130 g/mol. The highest BCUT2D eigenvalue weighted by atomic mass is 32.1. The third-order valence-electron chi connectivity index (χ3n) is 1.10. The maximum atomic E-state index is 4.07. The van der Waals surface area contributed by atoms with Crippen LogP contribution in [0.15, 0.2) is 17.6 Å². The largest absolute Gasteiger partial charge is 0.245 e. The molecule has 9 heavy (non-hydrogen) atoms. The van der Waals surface area contributed by atoms with Crippen molar-refractivity contribution in [2.45, 2.75) is 0 Å². The minimum absolute atomic E-state index is 0.988. The lowest BCUT2D eigenvalue weighted by Gasteiger charge is -1.79.